The predicted molar refractivity (Wildman–Crippen MR) is 169 cm³/mol. The normalized spacial score (nSPS) is 11.8. The van der Waals surface area contributed by atoms with Crippen molar-refractivity contribution >= 4 is 50.7 Å². The van der Waals surface area contributed by atoms with Crippen molar-refractivity contribution in [2.45, 2.75) is 23.9 Å². The van der Waals surface area contributed by atoms with Crippen molar-refractivity contribution in [3.05, 3.63) is 124 Å². The van der Waals surface area contributed by atoms with E-state index in [9.17, 15) is 18.0 Å². The zero-order valence-electron chi connectivity index (χ0n) is 23.6. The van der Waals surface area contributed by atoms with Crippen LogP contribution in [0.15, 0.2) is 108 Å². The predicted octanol–water partition coefficient (Wildman–Crippen LogP) is 5.58. The van der Waals surface area contributed by atoms with Crippen LogP contribution in [0, 0.1) is 0 Å². The summed E-state index contributed by atoms with van der Waals surface area (Å²) in [4.78, 5) is 28.9. The minimum absolute atomic E-state index is 0.0323. The molecule has 1 atom stereocenters. The maximum atomic E-state index is 14.3. The number of sulfonamides is 1. The highest BCUT2D eigenvalue weighted by molar-refractivity contribution is 7.92. The third-order valence-corrected chi connectivity index (χ3v) is 9.23. The van der Waals surface area contributed by atoms with Crippen molar-refractivity contribution in [2.75, 3.05) is 25.0 Å². The molecule has 0 unspecified atom stereocenters. The van der Waals surface area contributed by atoms with Gasteiger partial charge in [-0.3, -0.25) is 13.9 Å². The molecule has 0 fully saturated rings. The molecule has 2 amide bonds. The van der Waals surface area contributed by atoms with Gasteiger partial charge in [0.15, 0.2) is 0 Å². The van der Waals surface area contributed by atoms with E-state index in [0.717, 1.165) is 9.87 Å². The van der Waals surface area contributed by atoms with Gasteiger partial charge in [-0.05, 0) is 59.7 Å². The third-order valence-electron chi connectivity index (χ3n) is 6.84. The Labute approximate surface area is 261 Å². The fourth-order valence-corrected chi connectivity index (χ4v) is 6.35. The van der Waals surface area contributed by atoms with Crippen LogP contribution in [-0.2, 0) is 32.6 Å². The Morgan fingerprint density at radius 1 is 0.884 bits per heavy atom. The van der Waals surface area contributed by atoms with Crippen LogP contribution in [0.3, 0.4) is 0 Å². The molecule has 0 saturated heterocycles. The number of anilines is 1. The maximum Gasteiger partial charge on any atom is 0.264 e. The molecule has 8 nitrogen and oxygen atoms in total. The number of rotatable bonds is 12. The largest absolute Gasteiger partial charge is 0.497 e. The Hall–Kier alpha value is -4.05. The number of halogens is 2. The summed E-state index contributed by atoms with van der Waals surface area (Å²) in [5, 5.41) is 3.36. The van der Waals surface area contributed by atoms with Gasteiger partial charge in [0.05, 0.1) is 17.7 Å². The van der Waals surface area contributed by atoms with E-state index < -0.39 is 34.4 Å². The molecule has 4 rings (SSSR count). The molecular formula is C32H31Cl2N3O5S. The number of nitrogens with one attached hydrogen (secondary N) is 1. The van der Waals surface area contributed by atoms with Crippen molar-refractivity contribution in [3.63, 3.8) is 0 Å². The Kier molecular flexibility index (Phi) is 10.7. The van der Waals surface area contributed by atoms with Gasteiger partial charge < -0.3 is 15.0 Å². The minimum atomic E-state index is -4.27. The molecule has 0 spiro atoms. The van der Waals surface area contributed by atoms with Crippen molar-refractivity contribution in [1.82, 2.24) is 10.2 Å². The van der Waals surface area contributed by atoms with Crippen LogP contribution in [0.25, 0.3) is 0 Å². The second kappa shape index (κ2) is 14.4. The minimum Gasteiger partial charge on any atom is -0.497 e. The lowest BCUT2D eigenvalue weighted by atomic mass is 10.0. The van der Waals surface area contributed by atoms with Crippen molar-refractivity contribution in [3.8, 4) is 5.75 Å². The van der Waals surface area contributed by atoms with Gasteiger partial charge in [-0.2, -0.15) is 0 Å². The van der Waals surface area contributed by atoms with Crippen molar-refractivity contribution < 1.29 is 22.7 Å². The highest BCUT2D eigenvalue weighted by atomic mass is 35.5. The third kappa shape index (κ3) is 7.87. The molecule has 0 aromatic heterocycles. The molecule has 43 heavy (non-hydrogen) atoms. The summed E-state index contributed by atoms with van der Waals surface area (Å²) < 4.78 is 34.2. The lowest BCUT2D eigenvalue weighted by Gasteiger charge is -2.33. The average Bonchev–Trinajstić information content (AvgIpc) is 3.02. The number of ether oxygens (including phenoxy) is 1. The molecule has 0 aliphatic carbocycles. The number of carbonyl (C=O) groups excluding carboxylic acids is 2. The van der Waals surface area contributed by atoms with Gasteiger partial charge in [-0.1, -0.05) is 77.8 Å². The van der Waals surface area contributed by atoms with Crippen LogP contribution in [0.4, 0.5) is 5.69 Å². The van der Waals surface area contributed by atoms with E-state index >= 15 is 0 Å². The van der Waals surface area contributed by atoms with E-state index in [2.05, 4.69) is 5.32 Å². The fraction of sp³-hybridized carbons (Fsp3) is 0.188. The zero-order chi connectivity index (χ0) is 31.0. The molecule has 4 aromatic carbocycles. The first-order valence-electron chi connectivity index (χ1n) is 13.3. The Balaban J connectivity index is 1.79. The summed E-state index contributed by atoms with van der Waals surface area (Å²) >= 11 is 12.7. The van der Waals surface area contributed by atoms with E-state index in [4.69, 9.17) is 27.9 Å². The van der Waals surface area contributed by atoms with E-state index in [1.54, 1.807) is 42.5 Å². The summed E-state index contributed by atoms with van der Waals surface area (Å²) in [5.74, 6) is -0.539. The summed E-state index contributed by atoms with van der Waals surface area (Å²) in [5.41, 5.74) is 1.62. The van der Waals surface area contributed by atoms with Crippen LogP contribution in [0.2, 0.25) is 10.0 Å². The molecule has 11 heteroatoms. The van der Waals surface area contributed by atoms with Crippen LogP contribution < -0.4 is 14.4 Å². The first-order chi connectivity index (χ1) is 20.6. The maximum absolute atomic E-state index is 14.3. The molecular weight excluding hydrogens is 609 g/mol. The number of nitrogens with zero attached hydrogens (tertiary/aromatic N) is 2. The lowest BCUT2D eigenvalue weighted by molar-refractivity contribution is -0.139. The molecule has 0 aliphatic rings. The Bertz CT molecular complexity index is 1670. The fourth-order valence-electron chi connectivity index (χ4n) is 4.57. The highest BCUT2D eigenvalue weighted by Gasteiger charge is 2.34. The van der Waals surface area contributed by atoms with E-state index in [-0.39, 0.29) is 23.5 Å². The first kappa shape index (κ1) is 31.9. The summed E-state index contributed by atoms with van der Waals surface area (Å²) in [6.07, 6.45) is 0.194. The van der Waals surface area contributed by atoms with E-state index in [1.807, 2.05) is 30.3 Å². The standard InChI is InChI=1S/C32H31Cl2N3O5S/c1-35-32(39)30(19-23-9-4-3-5-10-23)36(21-24-11-6-7-14-29(24)34)31(38)22-37(26-13-8-12-25(33)20-26)43(40,41)28-17-15-27(42-2)16-18-28/h3-18,20,30H,19,21-22H2,1-2H3,(H,35,39)/t30-/m1/s1. The van der Waals surface area contributed by atoms with Gasteiger partial charge in [-0.25, -0.2) is 8.42 Å². The lowest BCUT2D eigenvalue weighted by Crippen LogP contribution is -2.53. The number of carbonyl (C=O) groups is 2. The molecule has 224 valence electrons. The van der Waals surface area contributed by atoms with Crippen LogP contribution in [-0.4, -0.2) is 51.9 Å². The van der Waals surface area contributed by atoms with Crippen LogP contribution in [0.1, 0.15) is 11.1 Å². The van der Waals surface area contributed by atoms with Gasteiger partial charge in [0.1, 0.15) is 18.3 Å². The number of amides is 2. The number of benzene rings is 4. The summed E-state index contributed by atoms with van der Waals surface area (Å²) in [7, 11) is -1.30. The van der Waals surface area contributed by atoms with Gasteiger partial charge in [0.2, 0.25) is 11.8 Å². The van der Waals surface area contributed by atoms with Crippen molar-refractivity contribution in [2.24, 2.45) is 0 Å². The molecule has 0 aliphatic heterocycles. The smallest absolute Gasteiger partial charge is 0.264 e. The Morgan fingerprint density at radius 3 is 2.19 bits per heavy atom. The zero-order valence-corrected chi connectivity index (χ0v) is 25.9. The summed E-state index contributed by atoms with van der Waals surface area (Å²) in [6.45, 7) is -0.642. The summed E-state index contributed by atoms with van der Waals surface area (Å²) in [6, 6.07) is 27.4. The van der Waals surface area contributed by atoms with Gasteiger partial charge in [0, 0.05) is 30.1 Å². The van der Waals surface area contributed by atoms with E-state index in [0.29, 0.717) is 21.4 Å². The van der Waals surface area contributed by atoms with Gasteiger partial charge in [-0.15, -0.1) is 0 Å². The second-order valence-electron chi connectivity index (χ2n) is 9.60. The highest BCUT2D eigenvalue weighted by Crippen LogP contribution is 2.28. The molecule has 1 N–H and O–H groups in total. The topological polar surface area (TPSA) is 96.0 Å². The molecule has 0 bridgehead atoms. The SMILES string of the molecule is CNC(=O)[C@@H](Cc1ccccc1)N(Cc1ccccc1Cl)C(=O)CN(c1cccc(Cl)c1)S(=O)(=O)c1ccc(OC)cc1. The number of methoxy groups -OCH3 is 1. The Morgan fingerprint density at radius 2 is 1.56 bits per heavy atom. The number of hydrogen-bond acceptors (Lipinski definition) is 5. The van der Waals surface area contributed by atoms with E-state index in [1.165, 1.54) is 49.4 Å². The number of likely N-dealkylation sites (N-methyl/N-ethyl adjacent to an activating group) is 1. The average molecular weight is 641 g/mol. The quantitative estimate of drug-likeness (QED) is 0.218. The monoisotopic (exact) mass is 639 g/mol. The second-order valence-corrected chi connectivity index (χ2v) is 12.3. The van der Waals surface area contributed by atoms with Crippen LogP contribution in [0.5, 0.6) is 5.75 Å². The molecule has 0 radical (unpaired) electrons. The first-order valence-corrected chi connectivity index (χ1v) is 15.5. The van der Waals surface area contributed by atoms with Gasteiger partial charge in [0.25, 0.3) is 10.0 Å². The molecule has 0 heterocycles. The van der Waals surface area contributed by atoms with Crippen LogP contribution >= 0.6 is 23.2 Å². The van der Waals surface area contributed by atoms with Gasteiger partial charge >= 0.3 is 0 Å². The number of hydrogen-bond donors (Lipinski definition) is 1. The molecule has 4 aromatic rings. The molecule has 0 saturated carbocycles. The van der Waals surface area contributed by atoms with Crippen molar-refractivity contribution in [1.29, 1.82) is 0 Å².